The van der Waals surface area contributed by atoms with Gasteiger partial charge in [-0.05, 0) is 60.6 Å². The van der Waals surface area contributed by atoms with E-state index < -0.39 is 0 Å². The third-order valence-electron chi connectivity index (χ3n) is 6.50. The highest BCUT2D eigenvalue weighted by molar-refractivity contribution is 6.36. The fourth-order valence-electron chi connectivity index (χ4n) is 4.65. The van der Waals surface area contributed by atoms with Gasteiger partial charge in [0.15, 0.2) is 0 Å². The molecule has 0 radical (unpaired) electrons. The Morgan fingerprint density at radius 2 is 1.56 bits per heavy atom. The molecule has 2 aliphatic rings. The molecule has 0 fully saturated rings. The lowest BCUT2D eigenvalue weighted by molar-refractivity contribution is -0.137. The predicted molar refractivity (Wildman–Crippen MR) is 127 cm³/mol. The van der Waals surface area contributed by atoms with E-state index in [1.165, 1.54) is 10.5 Å². The van der Waals surface area contributed by atoms with Crippen LogP contribution < -0.4 is 4.90 Å². The van der Waals surface area contributed by atoms with Gasteiger partial charge in [0.25, 0.3) is 11.8 Å². The third-order valence-corrected chi connectivity index (χ3v) is 6.50. The number of fused-ring (bicyclic) bond motifs is 1. The van der Waals surface area contributed by atoms with Crippen LogP contribution in [0.3, 0.4) is 0 Å². The van der Waals surface area contributed by atoms with Gasteiger partial charge in [0.05, 0.1) is 12.1 Å². The second-order valence-corrected chi connectivity index (χ2v) is 8.59. The van der Waals surface area contributed by atoms with E-state index in [4.69, 9.17) is 0 Å². The molecule has 0 aromatic heterocycles. The van der Waals surface area contributed by atoms with E-state index in [-0.39, 0.29) is 18.4 Å². The van der Waals surface area contributed by atoms with Crippen LogP contribution in [0.5, 0.6) is 0 Å². The first kappa shape index (κ1) is 20.3. The van der Waals surface area contributed by atoms with Gasteiger partial charge in [-0.1, -0.05) is 66.7 Å². The van der Waals surface area contributed by atoms with E-state index in [0.717, 1.165) is 47.3 Å². The van der Waals surface area contributed by atoms with E-state index in [1.54, 1.807) is 0 Å². The molecule has 160 valence electrons. The van der Waals surface area contributed by atoms with Crippen molar-refractivity contribution in [3.63, 3.8) is 0 Å². The van der Waals surface area contributed by atoms with Gasteiger partial charge in [-0.2, -0.15) is 0 Å². The van der Waals surface area contributed by atoms with E-state index in [0.29, 0.717) is 11.3 Å². The smallest absolute Gasteiger partial charge is 0.278 e. The summed E-state index contributed by atoms with van der Waals surface area (Å²) in [6.07, 6.45) is 1.93. The molecule has 0 aliphatic carbocycles. The second-order valence-electron chi connectivity index (χ2n) is 8.59. The average Bonchev–Trinajstić information content (AvgIpc) is 3.06. The van der Waals surface area contributed by atoms with Gasteiger partial charge in [-0.15, -0.1) is 0 Å². The van der Waals surface area contributed by atoms with E-state index in [1.807, 2.05) is 67.6 Å². The molecule has 3 aromatic rings. The van der Waals surface area contributed by atoms with Crippen molar-refractivity contribution in [1.82, 2.24) is 4.90 Å². The lowest BCUT2D eigenvalue weighted by Crippen LogP contribution is -2.36. The number of hydrogen-bond donors (Lipinski definition) is 0. The summed E-state index contributed by atoms with van der Waals surface area (Å²) in [5.74, 6) is -0.441. The van der Waals surface area contributed by atoms with Crippen LogP contribution in [-0.4, -0.2) is 23.3 Å². The molecule has 5 rings (SSSR count). The SMILES string of the molecule is Cc1ccc(C2=C(N3CCCc4ccccc43)C(=O)N(Cc3ccccc3)C2=O)cc1C. The first-order valence-corrected chi connectivity index (χ1v) is 11.1. The monoisotopic (exact) mass is 422 g/mol. The fraction of sp³-hybridized carbons (Fsp3) is 0.214. The number of hydrogen-bond acceptors (Lipinski definition) is 3. The Hall–Kier alpha value is -3.66. The summed E-state index contributed by atoms with van der Waals surface area (Å²) in [5.41, 5.74) is 7.26. The molecule has 0 spiro atoms. The molecular formula is C28H26N2O2. The predicted octanol–water partition coefficient (Wildman–Crippen LogP) is 5.04. The van der Waals surface area contributed by atoms with Crippen molar-refractivity contribution in [3.8, 4) is 0 Å². The van der Waals surface area contributed by atoms with Crippen LogP contribution >= 0.6 is 0 Å². The molecule has 4 nitrogen and oxygen atoms in total. The van der Waals surface area contributed by atoms with Gasteiger partial charge in [0, 0.05) is 12.2 Å². The van der Waals surface area contributed by atoms with Gasteiger partial charge >= 0.3 is 0 Å². The van der Waals surface area contributed by atoms with Crippen molar-refractivity contribution in [3.05, 3.63) is 106 Å². The molecule has 4 heteroatoms. The molecular weight excluding hydrogens is 396 g/mol. The normalized spacial score (nSPS) is 16.1. The maximum Gasteiger partial charge on any atom is 0.278 e. The molecule has 0 saturated carbocycles. The summed E-state index contributed by atoms with van der Waals surface area (Å²) in [5, 5.41) is 0. The molecule has 2 aliphatic heterocycles. The van der Waals surface area contributed by atoms with Crippen LogP contribution in [0.1, 0.15) is 34.2 Å². The van der Waals surface area contributed by atoms with Crippen LogP contribution in [0.4, 0.5) is 5.69 Å². The Balaban J connectivity index is 1.65. The average molecular weight is 423 g/mol. The van der Waals surface area contributed by atoms with E-state index in [2.05, 4.69) is 24.0 Å². The van der Waals surface area contributed by atoms with Crippen molar-refractivity contribution in [2.75, 3.05) is 11.4 Å². The summed E-state index contributed by atoms with van der Waals surface area (Å²) < 4.78 is 0. The van der Waals surface area contributed by atoms with Crippen LogP contribution in [0.25, 0.3) is 5.57 Å². The zero-order valence-corrected chi connectivity index (χ0v) is 18.5. The van der Waals surface area contributed by atoms with Crippen molar-refractivity contribution < 1.29 is 9.59 Å². The summed E-state index contributed by atoms with van der Waals surface area (Å²) in [4.78, 5) is 30.9. The third kappa shape index (κ3) is 3.42. The van der Waals surface area contributed by atoms with E-state index in [9.17, 15) is 9.59 Å². The molecule has 0 atom stereocenters. The van der Waals surface area contributed by atoms with Crippen LogP contribution in [-0.2, 0) is 22.6 Å². The number of carbonyl (C=O) groups excluding carboxylic acids is 2. The highest BCUT2D eigenvalue weighted by Crippen LogP contribution is 2.38. The zero-order chi connectivity index (χ0) is 22.2. The van der Waals surface area contributed by atoms with E-state index >= 15 is 0 Å². The van der Waals surface area contributed by atoms with Gasteiger partial charge < -0.3 is 4.90 Å². The number of carbonyl (C=O) groups is 2. The van der Waals surface area contributed by atoms with Crippen LogP contribution in [0.2, 0.25) is 0 Å². The first-order chi connectivity index (χ1) is 15.5. The summed E-state index contributed by atoms with van der Waals surface area (Å²) in [7, 11) is 0. The molecule has 0 bridgehead atoms. The number of benzene rings is 3. The number of rotatable bonds is 4. The first-order valence-electron chi connectivity index (χ1n) is 11.1. The maximum atomic E-state index is 13.8. The molecule has 0 unspecified atom stereocenters. The summed E-state index contributed by atoms with van der Waals surface area (Å²) >= 11 is 0. The summed E-state index contributed by atoms with van der Waals surface area (Å²) in [6, 6.07) is 23.9. The van der Waals surface area contributed by atoms with Gasteiger partial charge in [0.2, 0.25) is 0 Å². The number of anilines is 1. The minimum atomic E-state index is -0.222. The van der Waals surface area contributed by atoms with Crippen molar-refractivity contribution in [2.45, 2.75) is 33.2 Å². The number of imide groups is 1. The Morgan fingerprint density at radius 1 is 0.812 bits per heavy atom. The Kier molecular flexibility index (Phi) is 5.14. The topological polar surface area (TPSA) is 40.6 Å². The Morgan fingerprint density at radius 3 is 2.34 bits per heavy atom. The van der Waals surface area contributed by atoms with Gasteiger partial charge in [-0.3, -0.25) is 14.5 Å². The number of nitrogens with zero attached hydrogens (tertiary/aromatic N) is 2. The Labute approximate surface area is 188 Å². The lowest BCUT2D eigenvalue weighted by atomic mass is 9.97. The van der Waals surface area contributed by atoms with Crippen LogP contribution in [0, 0.1) is 13.8 Å². The van der Waals surface area contributed by atoms with Gasteiger partial charge in [0.1, 0.15) is 5.70 Å². The minimum absolute atomic E-state index is 0.219. The lowest BCUT2D eigenvalue weighted by Gasteiger charge is -2.32. The fourth-order valence-corrected chi connectivity index (χ4v) is 4.65. The standard InChI is InChI=1S/C28H26N2O2/c1-19-14-15-23(17-20(19)2)25-26(29-16-8-12-22-11-6-7-13-24(22)29)28(32)30(27(25)31)18-21-9-4-3-5-10-21/h3-7,9-11,13-15,17H,8,12,16,18H2,1-2H3. The summed E-state index contributed by atoms with van der Waals surface area (Å²) in [6.45, 7) is 5.08. The largest absolute Gasteiger partial charge is 0.336 e. The molecule has 3 aromatic carbocycles. The number of aryl methyl sites for hydroxylation is 3. The molecule has 32 heavy (non-hydrogen) atoms. The van der Waals surface area contributed by atoms with Crippen LogP contribution in [0.15, 0.2) is 78.5 Å². The highest BCUT2D eigenvalue weighted by Gasteiger charge is 2.42. The number of amides is 2. The quantitative estimate of drug-likeness (QED) is 0.554. The van der Waals surface area contributed by atoms with Crippen molar-refractivity contribution in [2.24, 2.45) is 0 Å². The van der Waals surface area contributed by atoms with Crippen molar-refractivity contribution in [1.29, 1.82) is 0 Å². The maximum absolute atomic E-state index is 13.8. The molecule has 2 heterocycles. The number of para-hydroxylation sites is 1. The van der Waals surface area contributed by atoms with Gasteiger partial charge in [-0.25, -0.2) is 0 Å². The zero-order valence-electron chi connectivity index (χ0n) is 18.5. The molecule has 0 saturated heterocycles. The minimum Gasteiger partial charge on any atom is -0.336 e. The molecule has 0 N–H and O–H groups in total. The highest BCUT2D eigenvalue weighted by atomic mass is 16.2. The Bertz CT molecular complexity index is 1240. The molecule has 2 amide bonds. The second kappa shape index (κ2) is 8.12. The van der Waals surface area contributed by atoms with Crippen molar-refractivity contribution >= 4 is 23.1 Å².